The molecular formula is C14H22NO5+. The molecule has 0 aliphatic carbocycles. The maximum Gasteiger partial charge on any atom is 0.337 e. The van der Waals surface area contributed by atoms with Gasteiger partial charge in [0.15, 0.2) is 0 Å². The fourth-order valence-corrected chi connectivity index (χ4v) is 1.62. The molecule has 0 radical (unpaired) electrons. The highest BCUT2D eigenvalue weighted by molar-refractivity contribution is 5.89. The lowest BCUT2D eigenvalue weighted by Gasteiger charge is -2.12. The minimum Gasteiger partial charge on any atom is -0.491 e. The van der Waals surface area contributed by atoms with Gasteiger partial charge in [0.25, 0.3) is 0 Å². The van der Waals surface area contributed by atoms with Crippen LogP contribution < -0.4 is 10.1 Å². The summed E-state index contributed by atoms with van der Waals surface area (Å²) in [5.41, 5.74) is 0.403. The Morgan fingerprint density at radius 1 is 1.35 bits per heavy atom. The number of carbonyl (C=O) groups is 1. The maximum absolute atomic E-state index is 11.4. The predicted molar refractivity (Wildman–Crippen MR) is 72.6 cm³/mol. The van der Waals surface area contributed by atoms with Gasteiger partial charge < -0.3 is 25.0 Å². The first kappa shape index (κ1) is 16.4. The van der Waals surface area contributed by atoms with Gasteiger partial charge in [-0.25, -0.2) is 4.79 Å². The number of nitrogens with two attached hydrogens (primary N) is 1. The standard InChI is InChI=1S/C14H21NO5/c1-10(16)7-15-8-12(17)9-20-13-5-3-4-11(6-13)14(18)19-2/h3-6,10,12,15-17H,7-9H2,1-2H3/p+1/t10-,12+/m0/s1. The van der Waals surface area contributed by atoms with Crippen LogP contribution in [0.1, 0.15) is 17.3 Å². The van der Waals surface area contributed by atoms with E-state index in [0.717, 1.165) is 0 Å². The zero-order valence-corrected chi connectivity index (χ0v) is 11.8. The number of esters is 1. The predicted octanol–water partition coefficient (Wildman–Crippen LogP) is -0.843. The zero-order valence-electron chi connectivity index (χ0n) is 11.8. The van der Waals surface area contributed by atoms with Crippen molar-refractivity contribution >= 4 is 5.97 Å². The Kier molecular flexibility index (Phi) is 7.00. The van der Waals surface area contributed by atoms with Crippen molar-refractivity contribution in [3.63, 3.8) is 0 Å². The van der Waals surface area contributed by atoms with Crippen molar-refractivity contribution in [2.24, 2.45) is 0 Å². The Balaban J connectivity index is 2.39. The van der Waals surface area contributed by atoms with E-state index in [0.29, 0.717) is 24.4 Å². The molecule has 0 amide bonds. The summed E-state index contributed by atoms with van der Waals surface area (Å²) in [5, 5.41) is 20.6. The lowest BCUT2D eigenvalue weighted by Crippen LogP contribution is -2.88. The van der Waals surface area contributed by atoms with Crippen molar-refractivity contribution in [2.75, 3.05) is 26.8 Å². The van der Waals surface area contributed by atoms with Crippen LogP contribution in [-0.4, -0.2) is 55.2 Å². The number of ether oxygens (including phenoxy) is 2. The van der Waals surface area contributed by atoms with Gasteiger partial charge in [0.1, 0.15) is 31.5 Å². The second kappa shape index (κ2) is 8.52. The molecular weight excluding hydrogens is 262 g/mol. The number of benzene rings is 1. The van der Waals surface area contributed by atoms with Crippen molar-refractivity contribution in [3.8, 4) is 5.75 Å². The van der Waals surface area contributed by atoms with Crippen molar-refractivity contribution in [2.45, 2.75) is 19.1 Å². The number of aliphatic hydroxyl groups is 2. The summed E-state index contributed by atoms with van der Waals surface area (Å²) in [7, 11) is 1.32. The fraction of sp³-hybridized carbons (Fsp3) is 0.500. The van der Waals surface area contributed by atoms with Crippen molar-refractivity contribution < 1.29 is 29.8 Å². The second-order valence-corrected chi connectivity index (χ2v) is 4.59. The molecule has 6 nitrogen and oxygen atoms in total. The molecule has 0 heterocycles. The molecule has 4 N–H and O–H groups in total. The molecule has 0 saturated heterocycles. The average molecular weight is 284 g/mol. The monoisotopic (exact) mass is 284 g/mol. The summed E-state index contributed by atoms with van der Waals surface area (Å²) in [4.78, 5) is 11.4. The van der Waals surface area contributed by atoms with E-state index in [1.54, 1.807) is 31.2 Å². The summed E-state index contributed by atoms with van der Waals surface area (Å²) >= 11 is 0. The summed E-state index contributed by atoms with van der Waals surface area (Å²) in [6.07, 6.45) is -1.05. The SMILES string of the molecule is COC(=O)c1cccc(OC[C@H](O)C[NH2+]C[C@H](C)O)c1. The Labute approximate surface area is 118 Å². The highest BCUT2D eigenvalue weighted by Gasteiger charge is 2.10. The van der Waals surface area contributed by atoms with Gasteiger partial charge in [-0.3, -0.25) is 0 Å². The number of rotatable bonds is 8. The minimum absolute atomic E-state index is 0.126. The molecule has 0 fully saturated rings. The largest absolute Gasteiger partial charge is 0.491 e. The normalized spacial score (nSPS) is 13.6. The first-order valence-corrected chi connectivity index (χ1v) is 6.52. The smallest absolute Gasteiger partial charge is 0.337 e. The zero-order chi connectivity index (χ0) is 15.0. The molecule has 0 spiro atoms. The van der Waals surface area contributed by atoms with Gasteiger partial charge in [-0.05, 0) is 25.1 Å². The van der Waals surface area contributed by atoms with Crippen molar-refractivity contribution in [3.05, 3.63) is 29.8 Å². The Morgan fingerprint density at radius 2 is 2.10 bits per heavy atom. The number of aliphatic hydroxyl groups excluding tert-OH is 2. The first-order valence-electron chi connectivity index (χ1n) is 6.52. The van der Waals surface area contributed by atoms with E-state index >= 15 is 0 Å². The molecule has 112 valence electrons. The summed E-state index contributed by atoms with van der Waals surface area (Å²) in [5.74, 6) is 0.0729. The van der Waals surface area contributed by atoms with Crippen LogP contribution >= 0.6 is 0 Å². The van der Waals surface area contributed by atoms with Gasteiger partial charge in [-0.15, -0.1) is 0 Å². The number of hydrogen-bond acceptors (Lipinski definition) is 5. The lowest BCUT2D eigenvalue weighted by atomic mass is 10.2. The fourth-order valence-electron chi connectivity index (χ4n) is 1.62. The van der Waals surface area contributed by atoms with Gasteiger partial charge in [0, 0.05) is 0 Å². The summed E-state index contributed by atoms with van der Waals surface area (Å²) < 4.78 is 10.0. The quantitative estimate of drug-likeness (QED) is 0.541. The van der Waals surface area contributed by atoms with Crippen molar-refractivity contribution in [1.29, 1.82) is 0 Å². The minimum atomic E-state index is -0.643. The van der Waals surface area contributed by atoms with Crippen LogP contribution in [0.25, 0.3) is 0 Å². The van der Waals surface area contributed by atoms with Gasteiger partial charge in [-0.1, -0.05) is 6.07 Å². The van der Waals surface area contributed by atoms with Crippen LogP contribution in [0.3, 0.4) is 0 Å². The highest BCUT2D eigenvalue weighted by Crippen LogP contribution is 2.14. The molecule has 0 saturated carbocycles. The van der Waals surface area contributed by atoms with Gasteiger partial charge in [0.2, 0.25) is 0 Å². The molecule has 1 aromatic rings. The molecule has 6 heteroatoms. The Bertz CT molecular complexity index is 422. The van der Waals surface area contributed by atoms with Gasteiger partial charge in [0.05, 0.1) is 18.8 Å². The van der Waals surface area contributed by atoms with E-state index < -0.39 is 18.2 Å². The maximum atomic E-state index is 11.4. The number of hydrogen-bond donors (Lipinski definition) is 3. The third kappa shape index (κ3) is 6.01. The Hall–Kier alpha value is -1.63. The van der Waals surface area contributed by atoms with E-state index in [1.165, 1.54) is 7.11 Å². The molecule has 0 aromatic heterocycles. The van der Waals surface area contributed by atoms with Crippen LogP contribution in [0.2, 0.25) is 0 Å². The molecule has 2 atom stereocenters. The molecule has 1 aromatic carbocycles. The van der Waals surface area contributed by atoms with Crippen LogP contribution in [0.4, 0.5) is 0 Å². The number of carbonyl (C=O) groups excluding carboxylic acids is 1. The van der Waals surface area contributed by atoms with Crippen LogP contribution in [0, 0.1) is 0 Å². The number of quaternary nitrogens is 1. The Morgan fingerprint density at radius 3 is 2.75 bits per heavy atom. The van der Waals surface area contributed by atoms with Crippen molar-refractivity contribution in [1.82, 2.24) is 0 Å². The van der Waals surface area contributed by atoms with Crippen LogP contribution in [0.15, 0.2) is 24.3 Å². The topological polar surface area (TPSA) is 92.6 Å². The molecule has 1 rings (SSSR count). The van der Waals surface area contributed by atoms with E-state index in [4.69, 9.17) is 9.84 Å². The molecule has 0 aliphatic rings. The third-order valence-corrected chi connectivity index (χ3v) is 2.64. The highest BCUT2D eigenvalue weighted by atomic mass is 16.5. The lowest BCUT2D eigenvalue weighted by molar-refractivity contribution is -0.666. The average Bonchev–Trinajstić information content (AvgIpc) is 2.44. The summed E-state index contributed by atoms with van der Waals surface area (Å²) in [6.45, 7) is 2.80. The van der Waals surface area contributed by atoms with Gasteiger partial charge >= 0.3 is 5.97 Å². The van der Waals surface area contributed by atoms with E-state index in [9.17, 15) is 9.90 Å². The third-order valence-electron chi connectivity index (χ3n) is 2.64. The first-order chi connectivity index (χ1) is 9.52. The second-order valence-electron chi connectivity index (χ2n) is 4.59. The molecule has 0 unspecified atom stereocenters. The van der Waals surface area contributed by atoms with Gasteiger partial charge in [-0.2, -0.15) is 0 Å². The van der Waals surface area contributed by atoms with Crippen LogP contribution in [0.5, 0.6) is 5.75 Å². The molecule has 0 bridgehead atoms. The van der Waals surface area contributed by atoms with Crippen LogP contribution in [-0.2, 0) is 4.74 Å². The van der Waals surface area contributed by atoms with E-state index in [1.807, 2.05) is 5.32 Å². The van der Waals surface area contributed by atoms with E-state index in [-0.39, 0.29) is 6.61 Å². The molecule has 20 heavy (non-hydrogen) atoms. The number of methoxy groups -OCH3 is 1. The summed E-state index contributed by atoms with van der Waals surface area (Å²) in [6, 6.07) is 6.59. The van der Waals surface area contributed by atoms with E-state index in [2.05, 4.69) is 4.74 Å². The molecule has 0 aliphatic heterocycles.